The lowest BCUT2D eigenvalue weighted by molar-refractivity contribution is -0.268. The van der Waals surface area contributed by atoms with E-state index in [0.29, 0.717) is 6.92 Å². The first-order chi connectivity index (χ1) is 5.21. The van der Waals surface area contributed by atoms with Crippen LogP contribution >= 0.6 is 22.6 Å². The van der Waals surface area contributed by atoms with E-state index in [1.54, 1.807) is 5.48 Å². The highest BCUT2D eigenvalue weighted by Crippen LogP contribution is 2.49. The predicted octanol–water partition coefficient (Wildman–Crippen LogP) is 1.94. The molecule has 0 radical (unpaired) electrons. The van der Waals surface area contributed by atoms with Crippen molar-refractivity contribution in [3.8, 4) is 0 Å². The summed E-state index contributed by atoms with van der Waals surface area (Å²) in [5.41, 5.74) is 1.58. The third kappa shape index (κ3) is 1.31. The Hall–Kier alpha value is 0.370. The minimum absolute atomic E-state index is 0.659. The van der Waals surface area contributed by atoms with Gasteiger partial charge in [-0.05, 0) is 29.5 Å². The van der Waals surface area contributed by atoms with Crippen LogP contribution in [0.2, 0.25) is 0 Å². The molecule has 2 unspecified atom stereocenters. The molecule has 7 heteroatoms. The van der Waals surface area contributed by atoms with Crippen molar-refractivity contribution < 1.29 is 22.4 Å². The topological polar surface area (TPSA) is 21.3 Å². The van der Waals surface area contributed by atoms with Gasteiger partial charge in [0.2, 0.25) is 5.79 Å². The van der Waals surface area contributed by atoms with E-state index in [1.165, 1.54) is 0 Å². The summed E-state index contributed by atoms with van der Waals surface area (Å²) in [4.78, 5) is 4.02. The minimum atomic E-state index is -3.83. The van der Waals surface area contributed by atoms with E-state index in [1.807, 2.05) is 0 Å². The zero-order valence-electron chi connectivity index (χ0n) is 6.01. The van der Waals surface area contributed by atoms with Gasteiger partial charge in [0.1, 0.15) is 6.61 Å². The molecule has 2 atom stereocenters. The Morgan fingerprint density at radius 2 is 1.83 bits per heavy atom. The lowest BCUT2D eigenvalue weighted by Crippen LogP contribution is -2.66. The van der Waals surface area contributed by atoms with Crippen LogP contribution in [0.15, 0.2) is 0 Å². The molecule has 0 aromatic rings. The average molecular weight is 299 g/mol. The Kier molecular flexibility index (Phi) is 2.33. The number of hydrogen-bond acceptors (Lipinski definition) is 2. The van der Waals surface area contributed by atoms with Crippen LogP contribution in [-0.2, 0) is 4.84 Å². The van der Waals surface area contributed by atoms with Crippen LogP contribution in [0.1, 0.15) is 6.92 Å². The number of hydroxylamine groups is 1. The van der Waals surface area contributed by atoms with E-state index in [4.69, 9.17) is 0 Å². The number of rotatable bonds is 0. The first-order valence-electron chi connectivity index (χ1n) is 3.04. The minimum Gasteiger partial charge on any atom is -0.292 e. The second-order valence-corrected chi connectivity index (χ2v) is 4.16. The zero-order chi connectivity index (χ0) is 9.62. The van der Waals surface area contributed by atoms with E-state index in [2.05, 4.69) is 4.84 Å². The van der Waals surface area contributed by atoms with Crippen molar-refractivity contribution in [2.45, 2.75) is 22.3 Å². The van der Waals surface area contributed by atoms with E-state index < -0.39 is 22.0 Å². The van der Waals surface area contributed by atoms with Gasteiger partial charge in [-0.3, -0.25) is 4.84 Å². The van der Waals surface area contributed by atoms with Gasteiger partial charge in [-0.15, -0.1) is 0 Å². The smallest absolute Gasteiger partial charge is 0.292 e. The van der Waals surface area contributed by atoms with Crippen molar-refractivity contribution in [1.82, 2.24) is 5.48 Å². The summed E-state index contributed by atoms with van der Waals surface area (Å²) >= 11 is 0.742. The van der Waals surface area contributed by atoms with E-state index in [-0.39, 0.29) is 0 Å². The summed E-state index contributed by atoms with van der Waals surface area (Å²) in [6.07, 6.45) is 0. The fourth-order valence-electron chi connectivity index (χ4n) is 0.760. The third-order valence-electron chi connectivity index (χ3n) is 1.57. The summed E-state index contributed by atoms with van der Waals surface area (Å²) in [6, 6.07) is 0. The van der Waals surface area contributed by atoms with Gasteiger partial charge >= 0.3 is 5.92 Å². The standard InChI is InChI=1S/C5H6F4INO/c1-3(6)5(9,10)4(7,8)2-12-11-3/h11H,2H2,1H3. The van der Waals surface area contributed by atoms with Gasteiger partial charge in [-0.2, -0.15) is 14.3 Å². The van der Waals surface area contributed by atoms with Crippen LogP contribution in [-0.4, -0.2) is 22.0 Å². The maximum Gasteiger partial charge on any atom is 0.319 e. The van der Waals surface area contributed by atoms with Gasteiger partial charge in [-0.1, -0.05) is 0 Å². The van der Waals surface area contributed by atoms with Crippen molar-refractivity contribution in [3.63, 3.8) is 0 Å². The quantitative estimate of drug-likeness (QED) is 0.319. The van der Waals surface area contributed by atoms with Gasteiger partial charge < -0.3 is 0 Å². The van der Waals surface area contributed by atoms with Gasteiger partial charge in [0.25, 0.3) is 3.68 Å². The maximum absolute atomic E-state index is 13.1. The lowest BCUT2D eigenvalue weighted by Gasteiger charge is -2.41. The van der Waals surface area contributed by atoms with E-state index in [0.717, 1.165) is 22.6 Å². The van der Waals surface area contributed by atoms with Crippen molar-refractivity contribution in [2.75, 3.05) is 6.61 Å². The molecule has 0 saturated carbocycles. The van der Waals surface area contributed by atoms with Crippen LogP contribution in [0.3, 0.4) is 0 Å². The predicted molar refractivity (Wildman–Crippen MR) is 41.4 cm³/mol. The molecule has 1 heterocycles. The lowest BCUT2D eigenvalue weighted by atomic mass is 10.1. The zero-order valence-corrected chi connectivity index (χ0v) is 8.16. The molecule has 1 rings (SSSR count). The molecular weight excluding hydrogens is 293 g/mol. The molecule has 1 N–H and O–H groups in total. The molecule has 2 nitrogen and oxygen atoms in total. The largest absolute Gasteiger partial charge is 0.319 e. The molecule has 0 amide bonds. The van der Waals surface area contributed by atoms with Crippen LogP contribution < -0.4 is 5.48 Å². The summed E-state index contributed by atoms with van der Waals surface area (Å²) < 4.78 is 48.3. The highest BCUT2D eigenvalue weighted by molar-refractivity contribution is 14.1. The third-order valence-corrected chi connectivity index (χ3v) is 3.37. The maximum atomic E-state index is 13.1. The summed E-state index contributed by atoms with van der Waals surface area (Å²) in [5.74, 6) is -6.72. The van der Waals surface area contributed by atoms with Crippen molar-refractivity contribution >= 4 is 22.6 Å². The monoisotopic (exact) mass is 299 g/mol. The summed E-state index contributed by atoms with van der Waals surface area (Å²) in [6.45, 7) is -0.515. The molecule has 12 heavy (non-hydrogen) atoms. The molecule has 72 valence electrons. The molecule has 1 saturated heterocycles. The molecule has 0 aromatic heterocycles. The number of alkyl halides is 5. The van der Waals surface area contributed by atoms with Gasteiger partial charge in [0.15, 0.2) is 0 Å². The van der Waals surface area contributed by atoms with Crippen LogP contribution in [0.5, 0.6) is 0 Å². The first-order valence-corrected chi connectivity index (χ1v) is 4.12. The number of halogens is 5. The number of nitrogens with one attached hydrogen (secondary N) is 1. The van der Waals surface area contributed by atoms with Crippen molar-refractivity contribution in [2.24, 2.45) is 0 Å². The molecule has 0 bridgehead atoms. The van der Waals surface area contributed by atoms with Crippen LogP contribution in [0.4, 0.5) is 17.6 Å². The summed E-state index contributed by atoms with van der Waals surface area (Å²) in [5, 5.41) is 0. The Balaban J connectivity index is 2.99. The second-order valence-electron chi connectivity index (χ2n) is 2.67. The molecule has 0 spiro atoms. The number of hydrogen-bond donors (Lipinski definition) is 1. The Morgan fingerprint density at radius 3 is 2.17 bits per heavy atom. The van der Waals surface area contributed by atoms with E-state index >= 15 is 0 Å². The highest BCUT2D eigenvalue weighted by atomic mass is 127. The fourth-order valence-corrected chi connectivity index (χ4v) is 1.03. The molecule has 1 fully saturated rings. The average Bonchev–Trinajstić information content (AvgIpc) is 1.83. The van der Waals surface area contributed by atoms with Gasteiger partial charge in [0, 0.05) is 0 Å². The van der Waals surface area contributed by atoms with E-state index in [9.17, 15) is 17.6 Å². The Morgan fingerprint density at radius 1 is 1.33 bits per heavy atom. The van der Waals surface area contributed by atoms with Crippen molar-refractivity contribution in [1.29, 1.82) is 0 Å². The Labute approximate surface area is 79.7 Å². The molecule has 0 aromatic carbocycles. The van der Waals surface area contributed by atoms with Gasteiger partial charge in [0.05, 0.1) is 0 Å². The van der Waals surface area contributed by atoms with Crippen LogP contribution in [0.25, 0.3) is 0 Å². The highest BCUT2D eigenvalue weighted by Gasteiger charge is 2.68. The normalized spacial score (nSPS) is 47.5. The molecule has 1 aliphatic heterocycles. The fraction of sp³-hybridized carbons (Fsp3) is 1.00. The molecular formula is C5H6F4INO. The summed E-state index contributed by atoms with van der Waals surface area (Å²) in [7, 11) is 0. The molecule has 1 aliphatic rings. The van der Waals surface area contributed by atoms with Crippen LogP contribution in [0, 0.1) is 0 Å². The van der Waals surface area contributed by atoms with Crippen molar-refractivity contribution in [3.05, 3.63) is 0 Å². The molecule has 0 aliphatic carbocycles. The first kappa shape index (κ1) is 10.5. The van der Waals surface area contributed by atoms with Gasteiger partial charge in [-0.25, -0.2) is 8.78 Å². The second kappa shape index (κ2) is 2.68. The Bertz CT molecular complexity index is 178. The SMILES string of the molecule is CC1(F)NOCC(F)(F)C1(F)I.